The zero-order valence-electron chi connectivity index (χ0n) is 12.6. The number of hydrogen-bond acceptors (Lipinski definition) is 7. The van der Waals surface area contributed by atoms with Crippen molar-refractivity contribution in [1.82, 2.24) is 10.2 Å². The van der Waals surface area contributed by atoms with Crippen LogP contribution in [0, 0.1) is 0 Å². The molecule has 2 aromatic rings. The van der Waals surface area contributed by atoms with E-state index in [1.807, 2.05) is 6.92 Å². The first kappa shape index (κ1) is 16.2. The van der Waals surface area contributed by atoms with Crippen LogP contribution in [0.25, 0.3) is 0 Å². The van der Waals surface area contributed by atoms with Crippen molar-refractivity contribution >= 4 is 22.4 Å². The first-order chi connectivity index (χ1) is 10.7. The van der Waals surface area contributed by atoms with E-state index in [2.05, 4.69) is 15.5 Å². The van der Waals surface area contributed by atoms with Crippen molar-refractivity contribution in [3.63, 3.8) is 0 Å². The van der Waals surface area contributed by atoms with Gasteiger partial charge >= 0.3 is 0 Å². The maximum atomic E-state index is 12.2. The molecule has 1 amide bonds. The van der Waals surface area contributed by atoms with Crippen LogP contribution in [-0.4, -0.2) is 36.9 Å². The summed E-state index contributed by atoms with van der Waals surface area (Å²) in [7, 11) is 3.06. The Bertz CT molecular complexity index is 645. The molecular weight excluding hydrogens is 306 g/mol. The average molecular weight is 323 g/mol. The normalized spacial score (nSPS) is 10.3. The number of amides is 1. The topological polar surface area (TPSA) is 82.6 Å². The molecule has 22 heavy (non-hydrogen) atoms. The standard InChI is InChI=1S/C14H17N3O4S/c1-4-21-8-12-16-17-14(22-12)15-13(18)9-5-6-10(19-2)11(7-9)20-3/h5-7H,4,8H2,1-3H3,(H,15,17,18). The highest BCUT2D eigenvalue weighted by Crippen LogP contribution is 2.28. The monoisotopic (exact) mass is 323 g/mol. The van der Waals surface area contributed by atoms with Crippen molar-refractivity contribution in [3.8, 4) is 11.5 Å². The van der Waals surface area contributed by atoms with Crippen LogP contribution < -0.4 is 14.8 Å². The molecule has 0 saturated carbocycles. The highest BCUT2D eigenvalue weighted by molar-refractivity contribution is 7.15. The molecule has 0 bridgehead atoms. The van der Waals surface area contributed by atoms with Crippen molar-refractivity contribution in [2.45, 2.75) is 13.5 Å². The van der Waals surface area contributed by atoms with E-state index in [-0.39, 0.29) is 5.91 Å². The summed E-state index contributed by atoms with van der Waals surface area (Å²) in [5.74, 6) is 0.762. The Morgan fingerprint density at radius 3 is 2.68 bits per heavy atom. The molecule has 1 aromatic carbocycles. The van der Waals surface area contributed by atoms with Gasteiger partial charge in [0.1, 0.15) is 11.6 Å². The number of carbonyl (C=O) groups excluding carboxylic acids is 1. The fourth-order valence-electron chi connectivity index (χ4n) is 1.70. The second kappa shape index (κ2) is 7.71. The molecule has 0 aliphatic heterocycles. The predicted octanol–water partition coefficient (Wildman–Crippen LogP) is 2.34. The third-order valence-corrected chi connectivity index (χ3v) is 3.57. The Morgan fingerprint density at radius 1 is 1.23 bits per heavy atom. The number of rotatable bonds is 7. The number of ether oxygens (including phenoxy) is 3. The number of methoxy groups -OCH3 is 2. The van der Waals surface area contributed by atoms with E-state index in [1.54, 1.807) is 25.3 Å². The van der Waals surface area contributed by atoms with Gasteiger partial charge in [-0.05, 0) is 25.1 Å². The quantitative estimate of drug-likeness (QED) is 0.842. The Kier molecular flexibility index (Phi) is 5.68. The van der Waals surface area contributed by atoms with E-state index in [1.165, 1.54) is 18.4 Å². The summed E-state index contributed by atoms with van der Waals surface area (Å²) in [6.07, 6.45) is 0. The first-order valence-corrected chi connectivity index (χ1v) is 7.43. The number of benzene rings is 1. The molecule has 0 aliphatic rings. The third kappa shape index (κ3) is 3.92. The Morgan fingerprint density at radius 2 is 2.00 bits per heavy atom. The van der Waals surface area contributed by atoms with Gasteiger partial charge in [0.05, 0.1) is 14.2 Å². The van der Waals surface area contributed by atoms with Crippen molar-refractivity contribution in [1.29, 1.82) is 0 Å². The SMILES string of the molecule is CCOCc1nnc(NC(=O)c2ccc(OC)c(OC)c2)s1. The summed E-state index contributed by atoms with van der Waals surface area (Å²) in [4.78, 5) is 12.2. The molecule has 0 fully saturated rings. The van der Waals surface area contributed by atoms with Crippen LogP contribution in [0.2, 0.25) is 0 Å². The summed E-state index contributed by atoms with van der Waals surface area (Å²) in [6.45, 7) is 2.90. The Labute approximate surface area is 132 Å². The molecule has 0 atom stereocenters. The largest absolute Gasteiger partial charge is 0.493 e. The second-order valence-corrected chi connectivity index (χ2v) is 5.22. The van der Waals surface area contributed by atoms with Gasteiger partial charge in [-0.25, -0.2) is 0 Å². The molecule has 8 heteroatoms. The molecular formula is C14H17N3O4S. The molecule has 1 aromatic heterocycles. The summed E-state index contributed by atoms with van der Waals surface area (Å²) >= 11 is 1.28. The molecule has 1 heterocycles. The summed E-state index contributed by atoms with van der Waals surface area (Å²) in [5.41, 5.74) is 0.444. The van der Waals surface area contributed by atoms with Crippen molar-refractivity contribution in [3.05, 3.63) is 28.8 Å². The van der Waals surface area contributed by atoms with Crippen molar-refractivity contribution in [2.24, 2.45) is 0 Å². The molecule has 0 radical (unpaired) electrons. The van der Waals surface area contributed by atoms with Crippen LogP contribution in [0.1, 0.15) is 22.3 Å². The number of nitrogens with one attached hydrogen (secondary N) is 1. The fourth-order valence-corrected chi connectivity index (χ4v) is 2.37. The van der Waals surface area contributed by atoms with Crippen molar-refractivity contribution < 1.29 is 19.0 Å². The first-order valence-electron chi connectivity index (χ1n) is 6.61. The lowest BCUT2D eigenvalue weighted by Gasteiger charge is -2.08. The van der Waals surface area contributed by atoms with Crippen LogP contribution >= 0.6 is 11.3 Å². The van der Waals surface area contributed by atoms with E-state index in [9.17, 15) is 4.79 Å². The molecule has 0 saturated heterocycles. The summed E-state index contributed by atoms with van der Waals surface area (Å²) in [6, 6.07) is 4.93. The van der Waals surface area contributed by atoms with Crippen LogP contribution in [0.4, 0.5) is 5.13 Å². The van der Waals surface area contributed by atoms with Gasteiger partial charge in [0.2, 0.25) is 5.13 Å². The van der Waals surface area contributed by atoms with Crippen LogP contribution in [0.15, 0.2) is 18.2 Å². The zero-order valence-corrected chi connectivity index (χ0v) is 13.4. The zero-order chi connectivity index (χ0) is 15.9. The average Bonchev–Trinajstić information content (AvgIpc) is 2.99. The van der Waals surface area contributed by atoms with Crippen molar-refractivity contribution in [2.75, 3.05) is 26.1 Å². The number of carbonyl (C=O) groups is 1. The van der Waals surface area contributed by atoms with Gasteiger partial charge in [0.15, 0.2) is 11.5 Å². The second-order valence-electron chi connectivity index (χ2n) is 4.16. The lowest BCUT2D eigenvalue weighted by atomic mass is 10.2. The van der Waals surface area contributed by atoms with E-state index in [4.69, 9.17) is 14.2 Å². The molecule has 2 rings (SSSR count). The minimum Gasteiger partial charge on any atom is -0.493 e. The predicted molar refractivity (Wildman–Crippen MR) is 82.7 cm³/mol. The minimum absolute atomic E-state index is 0.292. The van der Waals surface area contributed by atoms with Crippen LogP contribution in [-0.2, 0) is 11.3 Å². The number of aromatic nitrogens is 2. The summed E-state index contributed by atoms with van der Waals surface area (Å²) < 4.78 is 15.6. The number of nitrogens with zero attached hydrogens (tertiary/aromatic N) is 2. The number of hydrogen-bond donors (Lipinski definition) is 1. The van der Waals surface area contributed by atoms with E-state index in [0.717, 1.165) is 0 Å². The van der Waals surface area contributed by atoms with Crippen LogP contribution in [0.3, 0.4) is 0 Å². The van der Waals surface area contributed by atoms with E-state index < -0.39 is 0 Å². The van der Waals surface area contributed by atoms with Gasteiger partial charge in [-0.15, -0.1) is 10.2 Å². The Hall–Kier alpha value is -2.19. The van der Waals surface area contributed by atoms with Gasteiger partial charge < -0.3 is 14.2 Å². The minimum atomic E-state index is -0.292. The lowest BCUT2D eigenvalue weighted by Crippen LogP contribution is -2.12. The number of anilines is 1. The van der Waals surface area contributed by atoms with E-state index >= 15 is 0 Å². The molecule has 1 N–H and O–H groups in total. The maximum absolute atomic E-state index is 12.2. The Balaban J connectivity index is 2.07. The molecule has 0 spiro atoms. The van der Waals surface area contributed by atoms with Gasteiger partial charge in [0, 0.05) is 12.2 Å². The van der Waals surface area contributed by atoms with E-state index in [0.29, 0.717) is 40.4 Å². The molecule has 0 unspecified atom stereocenters. The highest BCUT2D eigenvalue weighted by Gasteiger charge is 2.13. The molecule has 118 valence electrons. The van der Waals surface area contributed by atoms with Gasteiger partial charge in [0.25, 0.3) is 5.91 Å². The maximum Gasteiger partial charge on any atom is 0.257 e. The molecule has 7 nitrogen and oxygen atoms in total. The highest BCUT2D eigenvalue weighted by atomic mass is 32.1. The van der Waals surface area contributed by atoms with Gasteiger partial charge in [-0.2, -0.15) is 0 Å². The smallest absolute Gasteiger partial charge is 0.257 e. The fraction of sp³-hybridized carbons (Fsp3) is 0.357. The van der Waals surface area contributed by atoms with Crippen LogP contribution in [0.5, 0.6) is 11.5 Å². The lowest BCUT2D eigenvalue weighted by molar-refractivity contribution is 0.102. The third-order valence-electron chi connectivity index (χ3n) is 2.76. The summed E-state index contributed by atoms with van der Waals surface area (Å²) in [5, 5.41) is 11.7. The van der Waals surface area contributed by atoms with Gasteiger partial charge in [-0.3, -0.25) is 10.1 Å². The van der Waals surface area contributed by atoms with Gasteiger partial charge in [-0.1, -0.05) is 11.3 Å². The molecule has 0 aliphatic carbocycles.